The standard InChI is InChI=1S/C29H33N7O6S2/c1-15-12-34(29(39)40)14-24(37)36(15)23-7-5-6-22(32-23)33-28-31-16(2)26(43-28)19-10-20-13-35(17(3)18-8-9-18)27(38)25(20)21(11-19)44(41,42)30-4/h5-7,10-11,15,17-18,30H,8-9,12-14H2,1-4H3,(H,39,40)(H,31,32,33)/t15-,17+/m1/s1. The van der Waals surface area contributed by atoms with Crippen LogP contribution in [0.15, 0.2) is 35.2 Å². The maximum absolute atomic E-state index is 13.5. The summed E-state index contributed by atoms with van der Waals surface area (Å²) in [6, 6.07) is 8.23. The number of piperazine rings is 1. The quantitative estimate of drug-likeness (QED) is 0.334. The summed E-state index contributed by atoms with van der Waals surface area (Å²) in [6.45, 7) is 5.89. The van der Waals surface area contributed by atoms with Gasteiger partial charge in [-0.25, -0.2) is 27.9 Å². The molecule has 15 heteroatoms. The fourth-order valence-corrected chi connectivity index (χ4v) is 7.91. The Labute approximate surface area is 259 Å². The van der Waals surface area contributed by atoms with E-state index in [1.54, 1.807) is 36.1 Å². The van der Waals surface area contributed by atoms with Crippen LogP contribution in [-0.2, 0) is 21.4 Å². The lowest BCUT2D eigenvalue weighted by Gasteiger charge is -2.37. The highest BCUT2D eigenvalue weighted by atomic mass is 32.2. The van der Waals surface area contributed by atoms with Gasteiger partial charge in [-0.15, -0.1) is 0 Å². The normalized spacial score (nSPS) is 19.4. The van der Waals surface area contributed by atoms with Crippen LogP contribution in [0.2, 0.25) is 0 Å². The maximum atomic E-state index is 13.5. The van der Waals surface area contributed by atoms with E-state index in [-0.39, 0.29) is 41.4 Å². The monoisotopic (exact) mass is 639 g/mol. The lowest BCUT2D eigenvalue weighted by atomic mass is 10.0. The summed E-state index contributed by atoms with van der Waals surface area (Å²) < 4.78 is 28.6. The topological polar surface area (TPSA) is 165 Å². The van der Waals surface area contributed by atoms with Crippen LogP contribution in [0, 0.1) is 12.8 Å². The van der Waals surface area contributed by atoms with Crippen LogP contribution in [-0.4, -0.2) is 83.4 Å². The smallest absolute Gasteiger partial charge is 0.407 e. The first kappa shape index (κ1) is 30.0. The summed E-state index contributed by atoms with van der Waals surface area (Å²) >= 11 is 1.32. The highest BCUT2D eigenvalue weighted by Crippen LogP contribution is 2.42. The molecule has 3 amide bonds. The van der Waals surface area contributed by atoms with Crippen molar-refractivity contribution in [2.45, 2.75) is 57.1 Å². The first-order valence-electron chi connectivity index (χ1n) is 14.3. The highest BCUT2D eigenvalue weighted by Gasteiger charge is 2.41. The zero-order valence-corrected chi connectivity index (χ0v) is 26.3. The van der Waals surface area contributed by atoms with Crippen LogP contribution >= 0.6 is 11.3 Å². The number of rotatable bonds is 8. The molecule has 2 aliphatic heterocycles. The molecule has 2 fully saturated rings. The molecule has 1 aromatic carbocycles. The Bertz CT molecular complexity index is 1790. The molecule has 0 unspecified atom stereocenters. The van der Waals surface area contributed by atoms with E-state index in [2.05, 4.69) is 20.0 Å². The van der Waals surface area contributed by atoms with Crippen molar-refractivity contribution < 1.29 is 27.9 Å². The fourth-order valence-electron chi connectivity index (χ4n) is 5.96. The number of pyridine rings is 1. The number of thiazole rings is 1. The van der Waals surface area contributed by atoms with Crippen molar-refractivity contribution >= 4 is 56.0 Å². The van der Waals surface area contributed by atoms with Gasteiger partial charge in [-0.05, 0) is 82.0 Å². The van der Waals surface area contributed by atoms with Crippen molar-refractivity contribution in [1.82, 2.24) is 24.5 Å². The van der Waals surface area contributed by atoms with Crippen molar-refractivity contribution in [2.24, 2.45) is 5.92 Å². The van der Waals surface area contributed by atoms with Crippen LogP contribution < -0.4 is 14.9 Å². The number of fused-ring (bicyclic) bond motifs is 1. The molecular formula is C29H33N7O6S2. The SMILES string of the molecule is CNS(=O)(=O)c1cc(-c2sc(Nc3cccc(N4C(=O)CN(C(=O)O)C[C@H]4C)n3)nc2C)cc2c1C(=O)N([C@@H](C)C1CC1)C2. The van der Waals surface area contributed by atoms with E-state index in [4.69, 9.17) is 0 Å². The maximum Gasteiger partial charge on any atom is 0.407 e. The molecule has 0 spiro atoms. The first-order valence-corrected chi connectivity index (χ1v) is 16.6. The molecule has 0 radical (unpaired) electrons. The number of aryl methyl sites for hydroxylation is 1. The number of carboxylic acid groups (broad SMARTS) is 1. The number of carbonyl (C=O) groups excluding carboxylic acids is 2. The number of aromatic nitrogens is 2. The number of sulfonamides is 1. The number of hydrogen-bond donors (Lipinski definition) is 3. The number of carbonyl (C=O) groups is 3. The molecule has 1 saturated carbocycles. The minimum atomic E-state index is -3.93. The number of anilines is 3. The molecule has 2 atom stereocenters. The van der Waals surface area contributed by atoms with Crippen LogP contribution in [0.4, 0.5) is 21.6 Å². The van der Waals surface area contributed by atoms with E-state index in [1.165, 1.54) is 23.3 Å². The number of benzene rings is 1. The third-order valence-corrected chi connectivity index (χ3v) is 11.0. The van der Waals surface area contributed by atoms with Gasteiger partial charge in [0.25, 0.3) is 5.91 Å². The summed E-state index contributed by atoms with van der Waals surface area (Å²) in [5, 5.41) is 13.0. The van der Waals surface area contributed by atoms with E-state index in [0.717, 1.165) is 22.6 Å². The highest BCUT2D eigenvalue weighted by molar-refractivity contribution is 7.89. The average molecular weight is 640 g/mol. The summed E-state index contributed by atoms with van der Waals surface area (Å²) in [6.07, 6.45) is 0.996. The van der Waals surface area contributed by atoms with Crippen LogP contribution in [0.25, 0.3) is 10.4 Å². The van der Waals surface area contributed by atoms with Gasteiger partial charge < -0.3 is 15.3 Å². The van der Waals surface area contributed by atoms with E-state index >= 15 is 0 Å². The second-order valence-corrected chi connectivity index (χ2v) is 14.3. The molecule has 2 aromatic heterocycles. The molecule has 3 aromatic rings. The van der Waals surface area contributed by atoms with E-state index < -0.39 is 22.2 Å². The second-order valence-electron chi connectivity index (χ2n) is 11.4. The molecule has 1 saturated heterocycles. The molecule has 44 heavy (non-hydrogen) atoms. The third kappa shape index (κ3) is 5.39. The van der Waals surface area contributed by atoms with Gasteiger partial charge in [-0.3, -0.25) is 19.4 Å². The predicted octanol–water partition coefficient (Wildman–Crippen LogP) is 3.63. The Kier molecular flexibility index (Phi) is 7.58. The van der Waals surface area contributed by atoms with Crippen LogP contribution in [0.1, 0.15) is 48.3 Å². The average Bonchev–Trinajstić information content (AvgIpc) is 3.69. The number of amides is 3. The molecule has 13 nitrogen and oxygen atoms in total. The Morgan fingerprint density at radius 2 is 1.91 bits per heavy atom. The molecule has 6 rings (SSSR count). The van der Waals surface area contributed by atoms with Gasteiger partial charge in [0.2, 0.25) is 15.9 Å². The number of nitrogens with zero attached hydrogens (tertiary/aromatic N) is 5. The Hall–Kier alpha value is -4.08. The van der Waals surface area contributed by atoms with E-state index in [9.17, 15) is 27.9 Å². The molecule has 3 N–H and O–H groups in total. The molecular weight excluding hydrogens is 606 g/mol. The number of nitrogens with one attached hydrogen (secondary N) is 2. The van der Waals surface area contributed by atoms with Gasteiger partial charge in [-0.2, -0.15) is 0 Å². The largest absolute Gasteiger partial charge is 0.465 e. The molecule has 1 aliphatic carbocycles. The lowest BCUT2D eigenvalue weighted by molar-refractivity contribution is -0.121. The Morgan fingerprint density at radius 3 is 2.57 bits per heavy atom. The number of hydrogen-bond acceptors (Lipinski definition) is 9. The molecule has 4 heterocycles. The van der Waals surface area contributed by atoms with Gasteiger partial charge in [0.1, 0.15) is 18.2 Å². The van der Waals surface area contributed by atoms with Crippen molar-refractivity contribution in [3.8, 4) is 10.4 Å². The van der Waals surface area contributed by atoms with Crippen molar-refractivity contribution in [1.29, 1.82) is 0 Å². The Morgan fingerprint density at radius 1 is 1.16 bits per heavy atom. The molecule has 0 bridgehead atoms. The second kappa shape index (κ2) is 11.1. The summed E-state index contributed by atoms with van der Waals surface area (Å²) in [5.74, 6) is 0.645. The van der Waals surface area contributed by atoms with Gasteiger partial charge in [-0.1, -0.05) is 17.4 Å². The summed E-state index contributed by atoms with van der Waals surface area (Å²) in [4.78, 5) is 51.9. The third-order valence-electron chi connectivity index (χ3n) is 8.42. The van der Waals surface area contributed by atoms with Gasteiger partial charge >= 0.3 is 6.09 Å². The minimum absolute atomic E-state index is 0.0343. The zero-order chi connectivity index (χ0) is 31.5. The lowest BCUT2D eigenvalue weighted by Crippen LogP contribution is -2.57. The van der Waals surface area contributed by atoms with E-state index in [1.807, 2.05) is 19.9 Å². The predicted molar refractivity (Wildman–Crippen MR) is 165 cm³/mol. The van der Waals surface area contributed by atoms with Crippen molar-refractivity contribution in [2.75, 3.05) is 30.4 Å². The van der Waals surface area contributed by atoms with Gasteiger partial charge in [0.15, 0.2) is 5.13 Å². The molecule has 232 valence electrons. The summed E-state index contributed by atoms with van der Waals surface area (Å²) in [7, 11) is -2.60. The van der Waals surface area contributed by atoms with E-state index in [0.29, 0.717) is 46.1 Å². The summed E-state index contributed by atoms with van der Waals surface area (Å²) in [5.41, 5.74) is 2.21. The van der Waals surface area contributed by atoms with Crippen molar-refractivity contribution in [3.05, 3.63) is 47.2 Å². The fraction of sp³-hybridized carbons (Fsp3) is 0.414. The van der Waals surface area contributed by atoms with Crippen LogP contribution in [0.5, 0.6) is 0 Å². The minimum Gasteiger partial charge on any atom is -0.465 e. The zero-order valence-electron chi connectivity index (χ0n) is 24.7. The van der Waals surface area contributed by atoms with Crippen LogP contribution in [0.3, 0.4) is 0 Å². The Balaban J connectivity index is 1.29. The van der Waals surface area contributed by atoms with Gasteiger partial charge in [0.05, 0.1) is 27.1 Å². The molecule has 3 aliphatic rings. The van der Waals surface area contributed by atoms with Gasteiger partial charge in [0, 0.05) is 19.1 Å². The first-order chi connectivity index (χ1) is 20.9. The van der Waals surface area contributed by atoms with Crippen molar-refractivity contribution in [3.63, 3.8) is 0 Å².